The monoisotopic (exact) mass is 278 g/mol. The summed E-state index contributed by atoms with van der Waals surface area (Å²) in [6.45, 7) is 3.45. The Kier molecular flexibility index (Phi) is 14.3. The summed E-state index contributed by atoms with van der Waals surface area (Å²) >= 11 is 0. The summed E-state index contributed by atoms with van der Waals surface area (Å²) in [5.41, 5.74) is 2.81. The number of ether oxygens (including phenoxy) is 1. The quantitative estimate of drug-likeness (QED) is 0.329. The maximum absolute atomic E-state index is 10.2. The molecule has 0 saturated carbocycles. The number of hydrogen-bond donors (Lipinski definition) is 1. The van der Waals surface area contributed by atoms with Crippen molar-refractivity contribution in [3.05, 3.63) is 42.2 Å². The Hall–Kier alpha value is -1.57. The number of carboxylic acid groups (broad SMARTS) is 1. The summed E-state index contributed by atoms with van der Waals surface area (Å²) in [7, 11) is 0. The van der Waals surface area contributed by atoms with Crippen LogP contribution in [-0.4, -0.2) is 24.3 Å². The summed E-state index contributed by atoms with van der Waals surface area (Å²) in [5, 5.41) is 8.40. The highest BCUT2D eigenvalue weighted by Crippen LogP contribution is 1.96. The lowest BCUT2D eigenvalue weighted by atomic mass is 10.2. The molecule has 0 aliphatic rings. The minimum atomic E-state index is -0.837. The lowest BCUT2D eigenvalue weighted by Crippen LogP contribution is -1.92. The van der Waals surface area contributed by atoms with Crippen molar-refractivity contribution in [2.45, 2.75) is 45.4 Å². The zero-order valence-corrected chi connectivity index (χ0v) is 12.4. The Morgan fingerprint density at radius 2 is 1.95 bits per heavy atom. The molecule has 0 aromatic rings. The van der Waals surface area contributed by atoms with E-state index in [2.05, 4.69) is 30.9 Å². The summed E-state index contributed by atoms with van der Waals surface area (Å²) in [6.07, 6.45) is 17.2. The number of unbranched alkanes of at least 4 members (excludes halogenated alkanes) is 2. The molecule has 0 aliphatic heterocycles. The highest BCUT2D eigenvalue weighted by Gasteiger charge is 1.87. The van der Waals surface area contributed by atoms with Crippen molar-refractivity contribution in [2.75, 3.05) is 13.2 Å². The van der Waals surface area contributed by atoms with Gasteiger partial charge in [0.1, 0.15) is 0 Å². The van der Waals surface area contributed by atoms with Gasteiger partial charge in [0.2, 0.25) is 0 Å². The molecule has 0 aliphatic carbocycles. The van der Waals surface area contributed by atoms with Gasteiger partial charge in [-0.2, -0.15) is 0 Å². The minimum Gasteiger partial charge on any atom is -0.481 e. The molecule has 0 aromatic heterocycles. The second kappa shape index (κ2) is 15.5. The lowest BCUT2D eigenvalue weighted by molar-refractivity contribution is -0.135. The van der Waals surface area contributed by atoms with Gasteiger partial charge in [-0.1, -0.05) is 44.1 Å². The molecule has 0 fully saturated rings. The van der Waals surface area contributed by atoms with Crippen molar-refractivity contribution in [1.82, 2.24) is 0 Å². The first kappa shape index (κ1) is 18.4. The van der Waals surface area contributed by atoms with Gasteiger partial charge in [0.25, 0.3) is 0 Å². The molecule has 0 saturated heterocycles. The fourth-order valence-electron chi connectivity index (χ4n) is 1.39. The second-order valence-electron chi connectivity index (χ2n) is 4.36. The van der Waals surface area contributed by atoms with Gasteiger partial charge in [-0.25, -0.2) is 0 Å². The van der Waals surface area contributed by atoms with Crippen LogP contribution in [0.5, 0.6) is 0 Å². The van der Waals surface area contributed by atoms with Crippen LogP contribution in [0.25, 0.3) is 0 Å². The molecule has 3 heteroatoms. The maximum Gasteiger partial charge on any atom is 0.307 e. The highest BCUT2D eigenvalue weighted by molar-refractivity contribution is 5.68. The Bertz CT molecular complexity index is 347. The maximum atomic E-state index is 10.2. The van der Waals surface area contributed by atoms with E-state index in [-0.39, 0.29) is 6.42 Å². The molecule has 0 bridgehead atoms. The smallest absolute Gasteiger partial charge is 0.307 e. The van der Waals surface area contributed by atoms with Gasteiger partial charge in [0, 0.05) is 0 Å². The average molecular weight is 278 g/mol. The standard InChI is InChI=1S/C17H26O3/c1-2-3-4-5-6-7-9-12-15-20-16-13-10-8-11-14-17(18)19/h5-6,9-12H,2-4,7,13-16H2,1H3,(H,18,19)/b6-5-,12-9-. The SMILES string of the molecule is CCCC/C=C\C/C=C\COCCC=C=CCC(=O)O. The Morgan fingerprint density at radius 1 is 1.15 bits per heavy atom. The van der Waals surface area contributed by atoms with E-state index in [1.807, 2.05) is 6.08 Å². The summed E-state index contributed by atoms with van der Waals surface area (Å²) in [4.78, 5) is 10.2. The van der Waals surface area contributed by atoms with Crippen molar-refractivity contribution in [1.29, 1.82) is 0 Å². The first-order valence-electron chi connectivity index (χ1n) is 7.26. The zero-order valence-electron chi connectivity index (χ0n) is 12.4. The van der Waals surface area contributed by atoms with Crippen LogP contribution in [0, 0.1) is 0 Å². The molecule has 0 radical (unpaired) electrons. The molecule has 0 atom stereocenters. The lowest BCUT2D eigenvalue weighted by Gasteiger charge is -1.95. The summed E-state index contributed by atoms with van der Waals surface area (Å²) < 4.78 is 5.39. The van der Waals surface area contributed by atoms with Gasteiger partial charge >= 0.3 is 5.97 Å². The number of carbonyl (C=O) groups is 1. The van der Waals surface area contributed by atoms with E-state index in [0.717, 1.165) is 12.8 Å². The normalized spacial score (nSPS) is 10.8. The van der Waals surface area contributed by atoms with Crippen molar-refractivity contribution in [3.8, 4) is 0 Å². The molecule has 0 unspecified atom stereocenters. The van der Waals surface area contributed by atoms with Gasteiger partial charge in [-0.05, 0) is 31.4 Å². The summed E-state index contributed by atoms with van der Waals surface area (Å²) in [6, 6.07) is 0. The average Bonchev–Trinajstić information content (AvgIpc) is 2.43. The third-order valence-electron chi connectivity index (χ3n) is 2.46. The fraction of sp³-hybridized carbons (Fsp3) is 0.529. The zero-order chi connectivity index (χ0) is 14.9. The van der Waals surface area contributed by atoms with Gasteiger partial charge < -0.3 is 9.84 Å². The molecule has 0 amide bonds. The van der Waals surface area contributed by atoms with Gasteiger partial charge in [-0.3, -0.25) is 4.79 Å². The molecule has 0 rings (SSSR count). The van der Waals surface area contributed by atoms with Gasteiger partial charge in [-0.15, -0.1) is 5.73 Å². The predicted molar refractivity (Wildman–Crippen MR) is 82.8 cm³/mol. The Labute approximate surface area is 122 Å². The topological polar surface area (TPSA) is 46.5 Å². The van der Waals surface area contributed by atoms with Crippen molar-refractivity contribution in [3.63, 3.8) is 0 Å². The number of hydrogen-bond acceptors (Lipinski definition) is 2. The van der Waals surface area contributed by atoms with Gasteiger partial charge in [0.15, 0.2) is 0 Å². The van der Waals surface area contributed by atoms with Crippen LogP contribution >= 0.6 is 0 Å². The van der Waals surface area contributed by atoms with E-state index in [4.69, 9.17) is 9.84 Å². The van der Waals surface area contributed by atoms with E-state index < -0.39 is 5.97 Å². The van der Waals surface area contributed by atoms with Crippen LogP contribution in [0.2, 0.25) is 0 Å². The van der Waals surface area contributed by atoms with Gasteiger partial charge in [0.05, 0.1) is 19.6 Å². The van der Waals surface area contributed by atoms with Crippen LogP contribution < -0.4 is 0 Å². The predicted octanol–water partition coefficient (Wildman–Crippen LogP) is 4.27. The Morgan fingerprint density at radius 3 is 2.70 bits per heavy atom. The molecule has 112 valence electrons. The molecule has 1 N–H and O–H groups in total. The molecule has 0 aromatic carbocycles. The van der Waals surface area contributed by atoms with Crippen LogP contribution in [0.15, 0.2) is 42.2 Å². The van der Waals surface area contributed by atoms with Crippen LogP contribution in [0.1, 0.15) is 45.4 Å². The number of rotatable bonds is 12. The van der Waals surface area contributed by atoms with Crippen molar-refractivity contribution in [2.24, 2.45) is 0 Å². The van der Waals surface area contributed by atoms with E-state index in [9.17, 15) is 4.79 Å². The van der Waals surface area contributed by atoms with Crippen molar-refractivity contribution >= 4 is 5.97 Å². The fourth-order valence-corrected chi connectivity index (χ4v) is 1.39. The van der Waals surface area contributed by atoms with Crippen LogP contribution in [0.3, 0.4) is 0 Å². The van der Waals surface area contributed by atoms with E-state index >= 15 is 0 Å². The molecular weight excluding hydrogens is 252 g/mol. The molecule has 0 spiro atoms. The largest absolute Gasteiger partial charge is 0.481 e. The van der Waals surface area contributed by atoms with Crippen LogP contribution in [-0.2, 0) is 9.53 Å². The van der Waals surface area contributed by atoms with E-state index in [1.54, 1.807) is 6.08 Å². The number of aliphatic carboxylic acids is 1. The highest BCUT2D eigenvalue weighted by atomic mass is 16.5. The first-order valence-corrected chi connectivity index (χ1v) is 7.26. The first-order chi connectivity index (χ1) is 9.77. The molecule has 3 nitrogen and oxygen atoms in total. The third-order valence-corrected chi connectivity index (χ3v) is 2.46. The molecular formula is C17H26O3. The molecule has 20 heavy (non-hydrogen) atoms. The number of allylic oxidation sites excluding steroid dienone is 3. The Balaban J connectivity index is 3.37. The molecule has 0 heterocycles. The van der Waals surface area contributed by atoms with E-state index in [0.29, 0.717) is 13.2 Å². The third kappa shape index (κ3) is 16.4. The van der Waals surface area contributed by atoms with Crippen LogP contribution in [0.4, 0.5) is 0 Å². The second-order valence-corrected chi connectivity index (χ2v) is 4.36. The van der Waals surface area contributed by atoms with E-state index in [1.165, 1.54) is 25.3 Å². The van der Waals surface area contributed by atoms with Crippen molar-refractivity contribution < 1.29 is 14.6 Å². The minimum absolute atomic E-state index is 0.0197. The number of carboxylic acids is 1. The summed E-state index contributed by atoms with van der Waals surface area (Å²) in [5.74, 6) is -0.837.